The van der Waals surface area contributed by atoms with Gasteiger partial charge in [-0.3, -0.25) is 0 Å². The second-order valence-corrected chi connectivity index (χ2v) is 4.67. The van der Waals surface area contributed by atoms with Crippen molar-refractivity contribution in [2.75, 3.05) is 0 Å². The van der Waals surface area contributed by atoms with Gasteiger partial charge in [-0.05, 0) is 37.3 Å². The summed E-state index contributed by atoms with van der Waals surface area (Å²) in [5.74, 6) is -0.617. The lowest BCUT2D eigenvalue weighted by Gasteiger charge is -2.26. The highest BCUT2D eigenvalue weighted by molar-refractivity contribution is 5.51. The quantitative estimate of drug-likeness (QED) is 0.710. The molecule has 0 N–H and O–H groups in total. The minimum Gasteiger partial charge on any atom is -0.873 e. The highest BCUT2D eigenvalue weighted by atomic mass is 16.3. The van der Waals surface area contributed by atoms with Crippen molar-refractivity contribution in [3.63, 3.8) is 0 Å². The van der Waals surface area contributed by atoms with Crippen LogP contribution in [0.5, 0.6) is 11.5 Å². The van der Waals surface area contributed by atoms with Crippen LogP contribution in [0.15, 0.2) is 6.07 Å². The van der Waals surface area contributed by atoms with Crippen LogP contribution < -0.4 is 10.2 Å². The second kappa shape index (κ2) is 6.53. The first-order valence-electron chi connectivity index (χ1n) is 6.61. The molecule has 1 aromatic rings. The van der Waals surface area contributed by atoms with Gasteiger partial charge in [0.2, 0.25) is 0 Å². The molecule has 0 atom stereocenters. The smallest absolute Gasteiger partial charge is 0.0276 e. The van der Waals surface area contributed by atoms with Gasteiger partial charge in [0, 0.05) is 0 Å². The van der Waals surface area contributed by atoms with Gasteiger partial charge in [0.1, 0.15) is 0 Å². The first kappa shape index (κ1) is 13.9. The van der Waals surface area contributed by atoms with Crippen molar-refractivity contribution in [2.45, 2.75) is 59.3 Å². The molecule has 1 rings (SSSR count). The van der Waals surface area contributed by atoms with E-state index in [2.05, 4.69) is 6.92 Å². The lowest BCUT2D eigenvalue weighted by molar-refractivity contribution is -0.318. The minimum atomic E-state index is -0.328. The zero-order valence-corrected chi connectivity index (χ0v) is 11.1. The summed E-state index contributed by atoms with van der Waals surface area (Å²) in [4.78, 5) is 0. The van der Waals surface area contributed by atoms with E-state index in [1.807, 2.05) is 13.8 Å². The molecule has 0 fully saturated rings. The first-order valence-corrected chi connectivity index (χ1v) is 6.61. The molecule has 0 aliphatic carbocycles. The van der Waals surface area contributed by atoms with E-state index in [1.54, 1.807) is 6.07 Å². The standard InChI is InChI=1S/C15H24O2/c1-4-6-7-9-12-10-14(16)15(17)13(8-5-2)11(12)3/h10,16-17H,4-9H2,1-3H3/p-2. The van der Waals surface area contributed by atoms with E-state index in [-0.39, 0.29) is 11.5 Å². The molecule has 0 aromatic heterocycles. The van der Waals surface area contributed by atoms with E-state index in [9.17, 15) is 10.2 Å². The van der Waals surface area contributed by atoms with Gasteiger partial charge in [0.05, 0.1) is 0 Å². The zero-order valence-electron chi connectivity index (χ0n) is 11.1. The summed E-state index contributed by atoms with van der Waals surface area (Å²) in [6.07, 6.45) is 6.00. The largest absolute Gasteiger partial charge is 0.873 e. The van der Waals surface area contributed by atoms with Crippen molar-refractivity contribution >= 4 is 0 Å². The maximum atomic E-state index is 11.7. The Bertz CT molecular complexity index is 370. The van der Waals surface area contributed by atoms with Crippen LogP contribution in [-0.2, 0) is 12.8 Å². The Balaban J connectivity index is 2.97. The summed E-state index contributed by atoms with van der Waals surface area (Å²) >= 11 is 0. The van der Waals surface area contributed by atoms with Crippen molar-refractivity contribution in [3.8, 4) is 11.5 Å². The zero-order chi connectivity index (χ0) is 12.8. The third kappa shape index (κ3) is 3.39. The molecule has 0 bridgehead atoms. The number of hydrogen-bond acceptors (Lipinski definition) is 2. The van der Waals surface area contributed by atoms with Crippen molar-refractivity contribution in [3.05, 3.63) is 22.8 Å². The molecule has 2 heteroatoms. The van der Waals surface area contributed by atoms with E-state index < -0.39 is 0 Å². The summed E-state index contributed by atoms with van der Waals surface area (Å²) in [6.45, 7) is 6.18. The fraction of sp³-hybridized carbons (Fsp3) is 0.600. The van der Waals surface area contributed by atoms with E-state index in [4.69, 9.17) is 0 Å². The number of unbranched alkanes of at least 4 members (excludes halogenated alkanes) is 2. The Morgan fingerprint density at radius 1 is 1.00 bits per heavy atom. The maximum absolute atomic E-state index is 11.7. The molecule has 0 saturated carbocycles. The molecule has 96 valence electrons. The van der Waals surface area contributed by atoms with Gasteiger partial charge in [0.15, 0.2) is 0 Å². The van der Waals surface area contributed by atoms with E-state index in [0.717, 1.165) is 42.4 Å². The van der Waals surface area contributed by atoms with Gasteiger partial charge >= 0.3 is 0 Å². The van der Waals surface area contributed by atoms with Crippen LogP contribution in [0.3, 0.4) is 0 Å². The molecule has 0 saturated heterocycles. The molecule has 0 radical (unpaired) electrons. The Kier molecular flexibility index (Phi) is 5.33. The van der Waals surface area contributed by atoms with Gasteiger partial charge in [-0.1, -0.05) is 44.7 Å². The Morgan fingerprint density at radius 2 is 1.71 bits per heavy atom. The van der Waals surface area contributed by atoms with Crippen molar-refractivity contribution in [2.24, 2.45) is 0 Å². The molecule has 2 nitrogen and oxygen atoms in total. The lowest BCUT2D eigenvalue weighted by atomic mass is 9.94. The molecule has 0 heterocycles. The highest BCUT2D eigenvalue weighted by Crippen LogP contribution is 2.31. The second-order valence-electron chi connectivity index (χ2n) is 4.67. The maximum Gasteiger partial charge on any atom is -0.0276 e. The molecule has 17 heavy (non-hydrogen) atoms. The molecule has 0 spiro atoms. The van der Waals surface area contributed by atoms with E-state index in [0.29, 0.717) is 0 Å². The lowest BCUT2D eigenvalue weighted by Crippen LogP contribution is -2.08. The van der Waals surface area contributed by atoms with Crippen LogP contribution in [0.2, 0.25) is 0 Å². The topological polar surface area (TPSA) is 46.1 Å². The van der Waals surface area contributed by atoms with Gasteiger partial charge in [-0.15, -0.1) is 11.5 Å². The summed E-state index contributed by atoms with van der Waals surface area (Å²) in [5, 5.41) is 23.4. The van der Waals surface area contributed by atoms with Crippen LogP contribution in [0.1, 0.15) is 56.2 Å². The molecule has 1 aromatic carbocycles. The van der Waals surface area contributed by atoms with Crippen LogP contribution in [0, 0.1) is 6.92 Å². The van der Waals surface area contributed by atoms with Gasteiger partial charge in [-0.25, -0.2) is 0 Å². The van der Waals surface area contributed by atoms with Crippen LogP contribution >= 0.6 is 0 Å². The molecule has 0 aliphatic rings. The van der Waals surface area contributed by atoms with Crippen molar-refractivity contribution in [1.82, 2.24) is 0 Å². The molecular formula is C15H22O2-2. The number of rotatable bonds is 6. The fourth-order valence-electron chi connectivity index (χ4n) is 2.22. The summed E-state index contributed by atoms with van der Waals surface area (Å²) in [6, 6.07) is 1.55. The predicted octanol–water partition coefficient (Wildman–Crippen LogP) is 2.83. The monoisotopic (exact) mass is 234 g/mol. The summed E-state index contributed by atoms with van der Waals surface area (Å²) < 4.78 is 0. The number of aryl methyl sites for hydroxylation is 1. The van der Waals surface area contributed by atoms with Crippen LogP contribution in [0.25, 0.3) is 0 Å². The Labute approximate surface area is 104 Å². The van der Waals surface area contributed by atoms with E-state index in [1.165, 1.54) is 12.8 Å². The van der Waals surface area contributed by atoms with Gasteiger partial charge < -0.3 is 10.2 Å². The number of hydrogen-bond donors (Lipinski definition) is 0. The molecular weight excluding hydrogens is 212 g/mol. The molecule has 0 unspecified atom stereocenters. The normalized spacial score (nSPS) is 10.8. The summed E-state index contributed by atoms with van der Waals surface area (Å²) in [7, 11) is 0. The fourth-order valence-corrected chi connectivity index (χ4v) is 2.22. The van der Waals surface area contributed by atoms with Crippen LogP contribution in [0.4, 0.5) is 0 Å². The number of benzene rings is 1. The molecule has 0 amide bonds. The predicted molar refractivity (Wildman–Crippen MR) is 67.3 cm³/mol. The highest BCUT2D eigenvalue weighted by Gasteiger charge is 2.05. The SMILES string of the molecule is CCCCCc1cc([O-])c([O-])c(CCC)c1C. The summed E-state index contributed by atoms with van der Waals surface area (Å²) in [5.41, 5.74) is 2.87. The van der Waals surface area contributed by atoms with Crippen LogP contribution in [-0.4, -0.2) is 0 Å². The average molecular weight is 234 g/mol. The third-order valence-electron chi connectivity index (χ3n) is 3.29. The van der Waals surface area contributed by atoms with Gasteiger partial charge in [-0.2, -0.15) is 0 Å². The molecule has 0 aliphatic heterocycles. The average Bonchev–Trinajstić information content (AvgIpc) is 2.31. The van der Waals surface area contributed by atoms with Gasteiger partial charge in [0.25, 0.3) is 0 Å². The Morgan fingerprint density at radius 3 is 2.29 bits per heavy atom. The first-order chi connectivity index (χ1) is 8.11. The Hall–Kier alpha value is -1.18. The van der Waals surface area contributed by atoms with Crippen molar-refractivity contribution < 1.29 is 10.2 Å². The van der Waals surface area contributed by atoms with E-state index >= 15 is 0 Å². The minimum absolute atomic E-state index is 0.288. The third-order valence-corrected chi connectivity index (χ3v) is 3.29. The van der Waals surface area contributed by atoms with Crippen molar-refractivity contribution in [1.29, 1.82) is 0 Å².